The highest BCUT2D eigenvalue weighted by molar-refractivity contribution is 9.10. The predicted molar refractivity (Wildman–Crippen MR) is 117 cm³/mol. The van der Waals surface area contributed by atoms with Crippen LogP contribution in [0.4, 0.5) is 5.69 Å². The average molecular weight is 514 g/mol. The maximum absolute atomic E-state index is 13.0. The van der Waals surface area contributed by atoms with E-state index in [1.807, 2.05) is 6.07 Å². The summed E-state index contributed by atoms with van der Waals surface area (Å²) in [6, 6.07) is 16.7. The van der Waals surface area contributed by atoms with E-state index in [0.717, 1.165) is 8.95 Å². The highest BCUT2D eigenvalue weighted by atomic mass is 79.9. The summed E-state index contributed by atoms with van der Waals surface area (Å²) in [5.74, 6) is -1.66. The van der Waals surface area contributed by atoms with Gasteiger partial charge >= 0.3 is 0 Å². The Kier molecular flexibility index (Phi) is 5.34. The Morgan fingerprint density at radius 2 is 1.72 bits per heavy atom. The zero-order chi connectivity index (χ0) is 20.5. The molecule has 1 fully saturated rings. The number of amides is 1. The van der Waals surface area contributed by atoms with Gasteiger partial charge in [0.2, 0.25) is 0 Å². The molecule has 2 aromatic carbocycles. The van der Waals surface area contributed by atoms with Gasteiger partial charge in [-0.2, -0.15) is 0 Å². The van der Waals surface area contributed by atoms with Crippen LogP contribution in [-0.2, 0) is 9.59 Å². The molecule has 5 nitrogen and oxygen atoms in total. The smallest absolute Gasteiger partial charge is 0.300 e. The summed E-state index contributed by atoms with van der Waals surface area (Å²) in [6.07, 6.45) is 3.21. The normalized spacial score (nSPS) is 18.3. The number of ketones is 1. The second-order valence-electron chi connectivity index (χ2n) is 6.44. The van der Waals surface area contributed by atoms with Gasteiger partial charge in [-0.1, -0.05) is 56.1 Å². The van der Waals surface area contributed by atoms with Gasteiger partial charge in [0.15, 0.2) is 0 Å². The topological polar surface area (TPSA) is 70.5 Å². The van der Waals surface area contributed by atoms with Gasteiger partial charge in [-0.15, -0.1) is 0 Å². The molecule has 0 radical (unpaired) electrons. The maximum Gasteiger partial charge on any atom is 0.300 e. The number of hydrogen-bond donors (Lipinski definition) is 1. The maximum atomic E-state index is 13.0. The van der Waals surface area contributed by atoms with Gasteiger partial charge < -0.3 is 5.11 Å². The minimum absolute atomic E-state index is 0.0327. The third kappa shape index (κ3) is 3.63. The summed E-state index contributed by atoms with van der Waals surface area (Å²) in [7, 11) is 0. The Morgan fingerprint density at radius 1 is 0.966 bits per heavy atom. The fourth-order valence-corrected chi connectivity index (χ4v) is 3.99. The Hall–Kier alpha value is -2.77. The molecule has 0 spiro atoms. The number of hydrogen-bond acceptors (Lipinski definition) is 4. The monoisotopic (exact) mass is 512 g/mol. The van der Waals surface area contributed by atoms with Crippen molar-refractivity contribution in [3.63, 3.8) is 0 Å². The number of Topliss-reactive ketones (excluding diaryl/α,β-unsaturated/α-hetero) is 1. The van der Waals surface area contributed by atoms with Crippen LogP contribution >= 0.6 is 31.9 Å². The van der Waals surface area contributed by atoms with Crippen molar-refractivity contribution in [2.24, 2.45) is 0 Å². The van der Waals surface area contributed by atoms with Crippen molar-refractivity contribution < 1.29 is 14.7 Å². The van der Waals surface area contributed by atoms with Crippen LogP contribution in [0.1, 0.15) is 17.2 Å². The molecule has 0 aliphatic carbocycles. The number of benzene rings is 2. The Labute approximate surface area is 184 Å². The van der Waals surface area contributed by atoms with E-state index in [0.29, 0.717) is 16.8 Å². The first-order valence-electron chi connectivity index (χ1n) is 8.70. The molecule has 1 aliphatic rings. The Morgan fingerprint density at radius 3 is 2.38 bits per heavy atom. The van der Waals surface area contributed by atoms with Crippen molar-refractivity contribution in [1.29, 1.82) is 0 Å². The number of halogens is 2. The molecular formula is C22H14Br2N2O3. The number of pyridine rings is 1. The van der Waals surface area contributed by atoms with E-state index < -0.39 is 17.7 Å². The first-order chi connectivity index (χ1) is 14.0. The quantitative estimate of drug-likeness (QED) is 0.295. The largest absolute Gasteiger partial charge is 0.507 e. The van der Waals surface area contributed by atoms with Crippen LogP contribution in [0.5, 0.6) is 0 Å². The number of carbonyl (C=O) groups excluding carboxylic acids is 2. The number of aliphatic hydroxyl groups excluding tert-OH is 1. The zero-order valence-corrected chi connectivity index (χ0v) is 18.1. The summed E-state index contributed by atoms with van der Waals surface area (Å²) in [5.41, 5.74) is 1.66. The highest BCUT2D eigenvalue weighted by Gasteiger charge is 2.47. The molecule has 4 rings (SSSR count). The van der Waals surface area contributed by atoms with Crippen LogP contribution in [0.2, 0.25) is 0 Å². The second kappa shape index (κ2) is 7.93. The minimum Gasteiger partial charge on any atom is -0.507 e. The van der Waals surface area contributed by atoms with Crippen molar-refractivity contribution in [2.45, 2.75) is 6.04 Å². The molecule has 0 saturated carbocycles. The molecule has 1 unspecified atom stereocenters. The van der Waals surface area contributed by atoms with Crippen LogP contribution in [0.15, 0.2) is 87.6 Å². The van der Waals surface area contributed by atoms with Gasteiger partial charge in [0.25, 0.3) is 11.7 Å². The zero-order valence-electron chi connectivity index (χ0n) is 14.9. The van der Waals surface area contributed by atoms with Crippen LogP contribution in [-0.4, -0.2) is 21.8 Å². The lowest BCUT2D eigenvalue weighted by Gasteiger charge is -2.25. The molecule has 7 heteroatoms. The molecule has 2 heterocycles. The number of aliphatic hydroxyl groups is 1. The Bertz CT molecular complexity index is 1130. The van der Waals surface area contributed by atoms with Crippen LogP contribution in [0.3, 0.4) is 0 Å². The third-order valence-electron chi connectivity index (χ3n) is 4.65. The molecule has 1 aliphatic heterocycles. The fraction of sp³-hybridized carbons (Fsp3) is 0.0455. The molecule has 1 amide bonds. The summed E-state index contributed by atoms with van der Waals surface area (Å²) in [4.78, 5) is 31.5. The van der Waals surface area contributed by atoms with E-state index in [9.17, 15) is 14.7 Å². The number of carbonyl (C=O) groups is 2. The van der Waals surface area contributed by atoms with Gasteiger partial charge in [0.1, 0.15) is 5.76 Å². The van der Waals surface area contributed by atoms with Crippen LogP contribution in [0, 0.1) is 0 Å². The average Bonchev–Trinajstić information content (AvgIpc) is 2.99. The van der Waals surface area contributed by atoms with Gasteiger partial charge in [-0.05, 0) is 42.0 Å². The van der Waals surface area contributed by atoms with E-state index in [1.54, 1.807) is 67.0 Å². The summed E-state index contributed by atoms with van der Waals surface area (Å²) >= 11 is 6.76. The number of anilines is 1. The molecule has 144 valence electrons. The standard InChI is InChI=1S/C22H14Br2N2O3/c23-15-8-6-13(7-9-15)20(27)18-19(14-3-2-10-25-12-14)26(22(29)21(18)28)17-5-1-4-16(24)11-17/h1-12,19,27H/b20-18+. The lowest BCUT2D eigenvalue weighted by atomic mass is 9.96. The van der Waals surface area contributed by atoms with E-state index in [-0.39, 0.29) is 11.3 Å². The highest BCUT2D eigenvalue weighted by Crippen LogP contribution is 2.42. The molecule has 1 N–H and O–H groups in total. The predicted octanol–water partition coefficient (Wildman–Crippen LogP) is 5.23. The van der Waals surface area contributed by atoms with Crippen LogP contribution < -0.4 is 4.90 Å². The second-order valence-corrected chi connectivity index (χ2v) is 8.27. The van der Waals surface area contributed by atoms with Crippen molar-refractivity contribution in [2.75, 3.05) is 4.90 Å². The van der Waals surface area contributed by atoms with Gasteiger partial charge in [0, 0.05) is 32.6 Å². The number of aromatic nitrogens is 1. The SMILES string of the molecule is O=C1C(=O)N(c2cccc(Br)c2)C(c2cccnc2)/C1=C(\O)c1ccc(Br)cc1. The first-order valence-corrected chi connectivity index (χ1v) is 10.3. The first kappa shape index (κ1) is 19.5. The fourth-order valence-electron chi connectivity index (χ4n) is 3.34. The summed E-state index contributed by atoms with van der Waals surface area (Å²) in [6.45, 7) is 0. The van der Waals surface area contributed by atoms with Crippen molar-refractivity contribution in [3.05, 3.63) is 98.7 Å². The van der Waals surface area contributed by atoms with Crippen LogP contribution in [0.25, 0.3) is 5.76 Å². The Balaban J connectivity index is 1.94. The molecule has 29 heavy (non-hydrogen) atoms. The van der Waals surface area contributed by atoms with Crippen molar-refractivity contribution >= 4 is 55.0 Å². The van der Waals surface area contributed by atoms with Gasteiger partial charge in [-0.25, -0.2) is 0 Å². The summed E-state index contributed by atoms with van der Waals surface area (Å²) in [5, 5.41) is 11.0. The van der Waals surface area contributed by atoms with Crippen molar-refractivity contribution in [1.82, 2.24) is 4.98 Å². The van der Waals surface area contributed by atoms with E-state index in [1.165, 1.54) is 4.90 Å². The van der Waals surface area contributed by atoms with E-state index in [2.05, 4.69) is 36.8 Å². The molecule has 1 atom stereocenters. The van der Waals surface area contributed by atoms with Gasteiger partial charge in [-0.3, -0.25) is 19.5 Å². The number of rotatable bonds is 3. The third-order valence-corrected chi connectivity index (χ3v) is 5.67. The molecule has 1 aromatic heterocycles. The van der Waals surface area contributed by atoms with E-state index in [4.69, 9.17) is 0 Å². The molecule has 3 aromatic rings. The lowest BCUT2D eigenvalue weighted by Crippen LogP contribution is -2.29. The molecule has 1 saturated heterocycles. The van der Waals surface area contributed by atoms with E-state index >= 15 is 0 Å². The van der Waals surface area contributed by atoms with Crippen molar-refractivity contribution in [3.8, 4) is 0 Å². The minimum atomic E-state index is -0.790. The lowest BCUT2D eigenvalue weighted by molar-refractivity contribution is -0.132. The van der Waals surface area contributed by atoms with Gasteiger partial charge in [0.05, 0.1) is 11.6 Å². The number of nitrogens with zero attached hydrogens (tertiary/aromatic N) is 2. The molecule has 0 bridgehead atoms. The molecular weight excluding hydrogens is 500 g/mol. The summed E-state index contributed by atoms with van der Waals surface area (Å²) < 4.78 is 1.61.